The minimum Gasteiger partial charge on any atom is -0.381 e. The van der Waals surface area contributed by atoms with E-state index in [-0.39, 0.29) is 5.69 Å². The molecule has 0 aliphatic carbocycles. The van der Waals surface area contributed by atoms with E-state index in [4.69, 9.17) is 5.11 Å². The number of hydrogen-bond acceptors (Lipinski definition) is 2. The first-order valence-corrected chi connectivity index (χ1v) is 4.13. The van der Waals surface area contributed by atoms with Gasteiger partial charge in [-0.25, -0.2) is 13.8 Å². The van der Waals surface area contributed by atoms with E-state index in [0.29, 0.717) is 6.54 Å². The molecule has 0 amide bonds. The molecule has 0 fully saturated rings. The van der Waals surface area contributed by atoms with Crippen molar-refractivity contribution in [3.63, 3.8) is 0 Å². The van der Waals surface area contributed by atoms with Crippen molar-refractivity contribution in [2.45, 2.75) is 32.4 Å². The van der Waals surface area contributed by atoms with Gasteiger partial charge in [-0.15, -0.1) is 0 Å². The lowest BCUT2D eigenvalue weighted by atomic mass is 10.3. The van der Waals surface area contributed by atoms with E-state index in [1.54, 1.807) is 0 Å². The first kappa shape index (κ1) is 10.1. The molecule has 0 saturated heterocycles. The van der Waals surface area contributed by atoms with Crippen LogP contribution in [0.2, 0.25) is 0 Å². The fourth-order valence-corrected chi connectivity index (χ4v) is 1.13. The first-order valence-electron chi connectivity index (χ1n) is 4.13. The second kappa shape index (κ2) is 4.32. The largest absolute Gasteiger partial charge is 0.381 e. The number of halogens is 2. The van der Waals surface area contributed by atoms with Gasteiger partial charge < -0.3 is 9.67 Å². The van der Waals surface area contributed by atoms with Crippen molar-refractivity contribution in [3.05, 3.63) is 18.2 Å². The summed E-state index contributed by atoms with van der Waals surface area (Å²) < 4.78 is 25.8. The summed E-state index contributed by atoms with van der Waals surface area (Å²) in [4.78, 5) is 3.71. The molecule has 0 aliphatic heterocycles. The molecule has 0 spiro atoms. The average molecular weight is 190 g/mol. The van der Waals surface area contributed by atoms with Gasteiger partial charge >= 0.3 is 0 Å². The van der Waals surface area contributed by atoms with Gasteiger partial charge in [-0.05, 0) is 6.42 Å². The molecule has 1 heterocycles. The van der Waals surface area contributed by atoms with Crippen LogP contribution in [-0.4, -0.2) is 21.1 Å². The Labute approximate surface area is 75.0 Å². The lowest BCUT2D eigenvalue weighted by Crippen LogP contribution is -2.13. The van der Waals surface area contributed by atoms with Crippen molar-refractivity contribution in [1.82, 2.24) is 9.55 Å². The predicted molar refractivity (Wildman–Crippen MR) is 43.5 cm³/mol. The number of rotatable bonds is 4. The predicted octanol–water partition coefficient (Wildman–Crippen LogP) is 1.59. The molecule has 0 aliphatic rings. The zero-order chi connectivity index (χ0) is 9.84. The van der Waals surface area contributed by atoms with Crippen LogP contribution in [0.1, 0.15) is 25.1 Å². The minimum atomic E-state index is -2.76. The molecule has 3 nitrogen and oxygen atoms in total. The molecular weight excluding hydrogens is 178 g/mol. The van der Waals surface area contributed by atoms with Gasteiger partial charge in [-0.2, -0.15) is 0 Å². The summed E-state index contributed by atoms with van der Waals surface area (Å²) in [7, 11) is 0. The zero-order valence-electron chi connectivity index (χ0n) is 7.32. The van der Waals surface area contributed by atoms with Crippen LogP contribution in [0, 0.1) is 0 Å². The van der Waals surface area contributed by atoms with Crippen LogP contribution < -0.4 is 0 Å². The van der Waals surface area contributed by atoms with E-state index in [2.05, 4.69) is 4.98 Å². The van der Waals surface area contributed by atoms with Crippen molar-refractivity contribution in [3.8, 4) is 0 Å². The summed E-state index contributed by atoms with van der Waals surface area (Å²) >= 11 is 0. The van der Waals surface area contributed by atoms with Gasteiger partial charge in [0.1, 0.15) is 0 Å². The summed E-state index contributed by atoms with van der Waals surface area (Å²) in [6.45, 7) is 2.53. The Balaban J connectivity index is 2.80. The van der Waals surface area contributed by atoms with Crippen LogP contribution in [0.15, 0.2) is 12.5 Å². The second-order valence-corrected chi connectivity index (χ2v) is 2.79. The van der Waals surface area contributed by atoms with Crippen LogP contribution in [-0.2, 0) is 6.54 Å². The number of aromatic nitrogens is 2. The van der Waals surface area contributed by atoms with Gasteiger partial charge in [0.15, 0.2) is 6.10 Å². The average Bonchev–Trinajstić information content (AvgIpc) is 2.52. The second-order valence-electron chi connectivity index (χ2n) is 2.79. The topological polar surface area (TPSA) is 38.0 Å². The van der Waals surface area contributed by atoms with Crippen LogP contribution >= 0.6 is 0 Å². The third-order valence-corrected chi connectivity index (χ3v) is 1.75. The summed E-state index contributed by atoms with van der Waals surface area (Å²) in [6.07, 6.45) is -0.947. The van der Waals surface area contributed by atoms with Crippen molar-refractivity contribution in [1.29, 1.82) is 0 Å². The molecule has 1 unspecified atom stereocenters. The highest BCUT2D eigenvalue weighted by atomic mass is 19.3. The van der Waals surface area contributed by atoms with Crippen LogP contribution in [0.5, 0.6) is 0 Å². The Hall–Kier alpha value is -0.970. The number of aliphatic hydroxyl groups excluding tert-OH is 1. The fraction of sp³-hybridized carbons (Fsp3) is 0.625. The van der Waals surface area contributed by atoms with Gasteiger partial charge in [-0.1, -0.05) is 6.92 Å². The third kappa shape index (κ3) is 2.24. The number of aliphatic hydroxyl groups is 1. The lowest BCUT2D eigenvalue weighted by Gasteiger charge is -2.11. The van der Waals surface area contributed by atoms with Crippen molar-refractivity contribution < 1.29 is 13.9 Å². The van der Waals surface area contributed by atoms with E-state index in [1.165, 1.54) is 17.1 Å². The molecule has 0 radical (unpaired) electrons. The Bertz CT molecular complexity index is 262. The van der Waals surface area contributed by atoms with Crippen molar-refractivity contribution in [2.75, 3.05) is 0 Å². The minimum absolute atomic E-state index is 0.178. The van der Waals surface area contributed by atoms with E-state index in [0.717, 1.165) is 6.42 Å². The molecule has 1 rings (SSSR count). The molecule has 0 bridgehead atoms. The number of alkyl halides is 2. The van der Waals surface area contributed by atoms with E-state index >= 15 is 0 Å². The molecule has 13 heavy (non-hydrogen) atoms. The smallest absolute Gasteiger partial charge is 0.269 e. The van der Waals surface area contributed by atoms with Gasteiger partial charge in [0.2, 0.25) is 0 Å². The molecule has 1 aromatic rings. The lowest BCUT2D eigenvalue weighted by molar-refractivity contribution is -0.0102. The molecule has 1 aromatic heterocycles. The van der Waals surface area contributed by atoms with E-state index in [1.807, 2.05) is 6.92 Å². The molecule has 0 saturated carbocycles. The Morgan fingerprint density at radius 2 is 2.31 bits per heavy atom. The molecular formula is C8H12F2N2O. The monoisotopic (exact) mass is 190 g/mol. The normalized spacial score (nSPS) is 13.6. The zero-order valence-corrected chi connectivity index (χ0v) is 7.32. The third-order valence-electron chi connectivity index (χ3n) is 1.75. The summed E-state index contributed by atoms with van der Waals surface area (Å²) in [6, 6.07) is 0. The number of aryl methyl sites for hydroxylation is 1. The number of nitrogens with zero attached hydrogens (tertiary/aromatic N) is 2. The van der Waals surface area contributed by atoms with Crippen LogP contribution in [0.25, 0.3) is 0 Å². The Morgan fingerprint density at radius 1 is 1.62 bits per heavy atom. The Kier molecular flexibility index (Phi) is 3.36. The Morgan fingerprint density at radius 3 is 2.85 bits per heavy atom. The standard InChI is InChI=1S/C8H12F2N2O/c1-2-3-12-5-11-4-6(12)7(13)8(9)10/h4-5,7-8,13H,2-3H2,1H3. The van der Waals surface area contributed by atoms with Gasteiger partial charge in [0, 0.05) is 6.54 Å². The maximum Gasteiger partial charge on any atom is 0.269 e. The summed E-state index contributed by atoms with van der Waals surface area (Å²) in [5.74, 6) is 0. The van der Waals surface area contributed by atoms with Crippen molar-refractivity contribution >= 4 is 0 Å². The molecule has 1 atom stereocenters. The van der Waals surface area contributed by atoms with E-state index in [9.17, 15) is 8.78 Å². The van der Waals surface area contributed by atoms with Crippen LogP contribution in [0.3, 0.4) is 0 Å². The molecule has 0 aromatic carbocycles. The van der Waals surface area contributed by atoms with Gasteiger partial charge in [0.25, 0.3) is 6.43 Å². The van der Waals surface area contributed by atoms with E-state index < -0.39 is 12.5 Å². The highest BCUT2D eigenvalue weighted by Gasteiger charge is 2.22. The quantitative estimate of drug-likeness (QED) is 0.782. The summed E-state index contributed by atoms with van der Waals surface area (Å²) in [5.41, 5.74) is 0.178. The van der Waals surface area contributed by atoms with Gasteiger partial charge in [-0.3, -0.25) is 0 Å². The number of hydrogen-bond donors (Lipinski definition) is 1. The first-order chi connectivity index (χ1) is 6.16. The maximum atomic E-state index is 12.1. The summed E-state index contributed by atoms with van der Waals surface area (Å²) in [5, 5.41) is 9.08. The highest BCUT2D eigenvalue weighted by molar-refractivity contribution is 5.03. The van der Waals surface area contributed by atoms with Crippen LogP contribution in [0.4, 0.5) is 8.78 Å². The van der Waals surface area contributed by atoms with Crippen molar-refractivity contribution in [2.24, 2.45) is 0 Å². The van der Waals surface area contributed by atoms with Gasteiger partial charge in [0.05, 0.1) is 18.2 Å². The maximum absolute atomic E-state index is 12.1. The number of imidazole rings is 1. The molecule has 1 N–H and O–H groups in total. The molecule has 74 valence electrons. The highest BCUT2D eigenvalue weighted by Crippen LogP contribution is 2.19. The fourth-order valence-electron chi connectivity index (χ4n) is 1.13. The SMILES string of the molecule is CCCn1cncc1C(O)C(F)F. The molecule has 5 heteroatoms.